The second kappa shape index (κ2) is 16.2. The maximum atomic E-state index is 6.34. The minimum Gasteiger partial charge on any atom is -0.453 e. The first-order chi connectivity index (χ1) is 33.0. The first-order valence-corrected chi connectivity index (χ1v) is 23.5. The number of fused-ring (bicyclic) bond motifs is 10. The van der Waals surface area contributed by atoms with Gasteiger partial charge in [-0.3, -0.25) is 0 Å². The molecule has 8 aromatic carbocycles. The molecule has 0 radical (unpaired) electrons. The summed E-state index contributed by atoms with van der Waals surface area (Å²) < 4.78 is 6.34. The van der Waals surface area contributed by atoms with Crippen LogP contribution in [-0.2, 0) is 18.3 Å². The van der Waals surface area contributed by atoms with Gasteiger partial charge in [0.05, 0.1) is 34.1 Å². The van der Waals surface area contributed by atoms with Gasteiger partial charge in [-0.05, 0) is 155 Å². The molecule has 5 heteroatoms. The number of aryl methyl sites for hydroxylation is 2. The van der Waals surface area contributed by atoms with Crippen molar-refractivity contribution < 1.29 is 4.74 Å². The van der Waals surface area contributed by atoms with Crippen molar-refractivity contribution in [2.24, 2.45) is 11.7 Å². The van der Waals surface area contributed by atoms with E-state index >= 15 is 0 Å². The van der Waals surface area contributed by atoms with E-state index in [9.17, 15) is 0 Å². The summed E-state index contributed by atoms with van der Waals surface area (Å²) in [4.78, 5) is 7.20. The largest absolute Gasteiger partial charge is 0.453 e. The lowest BCUT2D eigenvalue weighted by Crippen LogP contribution is -2.28. The molecule has 0 aromatic heterocycles. The third-order valence-corrected chi connectivity index (χ3v) is 14.5. The first kappa shape index (κ1) is 40.6. The van der Waals surface area contributed by atoms with Crippen LogP contribution < -0.4 is 25.2 Å². The summed E-state index contributed by atoms with van der Waals surface area (Å²) in [5.41, 5.74) is 25.7. The van der Waals surface area contributed by atoms with Crippen molar-refractivity contribution in [3.8, 4) is 22.6 Å². The monoisotopic (exact) mass is 868 g/mol. The number of ether oxygens (including phenoxy) is 1. The molecule has 0 amide bonds. The Morgan fingerprint density at radius 3 is 1.64 bits per heavy atom. The first-order valence-electron chi connectivity index (χ1n) is 23.5. The summed E-state index contributed by atoms with van der Waals surface area (Å²) in [6.45, 7) is 4.85. The summed E-state index contributed by atoms with van der Waals surface area (Å²) in [5.74, 6) is 2.43. The smallest absolute Gasteiger partial charge is 0.151 e. The van der Waals surface area contributed by atoms with E-state index in [1.54, 1.807) is 0 Å². The van der Waals surface area contributed by atoms with Crippen LogP contribution in [0.2, 0.25) is 0 Å². The molecule has 8 aromatic rings. The fourth-order valence-corrected chi connectivity index (χ4v) is 11.4. The Kier molecular flexibility index (Phi) is 9.84. The fraction of sp³-hybridized carbons (Fsp3) is 0.129. The number of anilines is 8. The van der Waals surface area contributed by atoms with E-state index in [4.69, 9.17) is 4.74 Å². The van der Waals surface area contributed by atoms with Gasteiger partial charge in [0, 0.05) is 23.0 Å². The van der Waals surface area contributed by atoms with Crippen molar-refractivity contribution >= 4 is 57.7 Å². The zero-order chi connectivity index (χ0) is 45.2. The molecule has 5 aliphatic rings. The zero-order valence-corrected chi connectivity index (χ0v) is 38.1. The van der Waals surface area contributed by atoms with Gasteiger partial charge in [0.25, 0.3) is 0 Å². The van der Waals surface area contributed by atoms with E-state index in [-0.39, 0.29) is 5.41 Å². The van der Waals surface area contributed by atoms with Gasteiger partial charge >= 0.3 is 0 Å². The van der Waals surface area contributed by atoms with Gasteiger partial charge in [0.1, 0.15) is 0 Å². The topological polar surface area (TPSA) is 45.0 Å². The van der Waals surface area contributed by atoms with Crippen LogP contribution in [0, 0.1) is 5.92 Å². The lowest BCUT2D eigenvalue weighted by atomic mass is 9.74. The number of nitrogens with zero attached hydrogens (tertiary/aromatic N) is 3. The lowest BCUT2D eigenvalue weighted by Gasteiger charge is -2.40. The van der Waals surface area contributed by atoms with Crippen LogP contribution >= 0.6 is 0 Å². The average Bonchev–Trinajstić information content (AvgIpc) is 3.61. The highest BCUT2D eigenvalue weighted by molar-refractivity contribution is 6.01. The van der Waals surface area contributed by atoms with Crippen molar-refractivity contribution in [1.29, 1.82) is 0 Å². The molecule has 0 saturated carbocycles. The summed E-state index contributed by atoms with van der Waals surface area (Å²) >= 11 is 0. The summed E-state index contributed by atoms with van der Waals surface area (Å²) in [6.07, 6.45) is 13.9. The Morgan fingerprint density at radius 1 is 0.507 bits per heavy atom. The number of rotatable bonds is 5. The van der Waals surface area contributed by atoms with Crippen molar-refractivity contribution in [1.82, 2.24) is 0 Å². The maximum Gasteiger partial charge on any atom is 0.151 e. The molecule has 13 rings (SSSR count). The van der Waals surface area contributed by atoms with E-state index in [1.807, 2.05) is 12.1 Å². The third kappa shape index (κ3) is 6.64. The van der Waals surface area contributed by atoms with Gasteiger partial charge in [-0.25, -0.2) is 0 Å². The molecule has 3 aliphatic carbocycles. The van der Waals surface area contributed by atoms with E-state index in [1.165, 1.54) is 85.7 Å². The van der Waals surface area contributed by atoms with Crippen molar-refractivity contribution in [2.45, 2.75) is 38.0 Å². The van der Waals surface area contributed by atoms with Crippen molar-refractivity contribution in [3.05, 3.63) is 239 Å². The Labute approximate surface area is 394 Å². The summed E-state index contributed by atoms with van der Waals surface area (Å²) in [5, 5.41) is 0. The molecule has 2 atom stereocenters. The minimum absolute atomic E-state index is 0.0481. The van der Waals surface area contributed by atoms with Gasteiger partial charge in [-0.15, -0.1) is 0 Å². The molecule has 2 aliphatic heterocycles. The molecule has 0 saturated heterocycles. The molecular formula is C62H52N4O. The molecule has 5 nitrogen and oxygen atoms in total. The third-order valence-electron chi connectivity index (χ3n) is 14.5. The summed E-state index contributed by atoms with van der Waals surface area (Å²) in [6, 6.07) is 66.2. The highest BCUT2D eigenvalue weighted by atomic mass is 16.5. The molecule has 2 unspecified atom stereocenters. The van der Waals surface area contributed by atoms with E-state index in [2.05, 4.69) is 235 Å². The standard InChI is InChI=1S/C61H47N3O.CH5N/c1-61(2)51-37-41(27-33-49(51)50-35-31-46(39-52(50)61)64-57-20-10-12-22-59(57)65-60-23-13-11-21-58(60)64)25-24-40-26-32-47-42(36-40)28-29-43-38-45(30-34-48(43)47)63-55-18-8-6-16-53(55)62(44-14-4-3-5-15-44)54-17-7-9-19-56(54)63;1-2/h3-27,30-39,50,52H,28-29H2,1-2H3;2H2,1H3/b25-24+;. The average molecular weight is 869 g/mol. The normalized spacial score (nSPS) is 17.6. The predicted octanol–water partition coefficient (Wildman–Crippen LogP) is 15.8. The van der Waals surface area contributed by atoms with Crippen LogP contribution in [-0.4, -0.2) is 7.05 Å². The quantitative estimate of drug-likeness (QED) is 0.175. The highest BCUT2D eigenvalue weighted by Crippen LogP contribution is 2.57. The Balaban J connectivity index is 0.00000231. The van der Waals surface area contributed by atoms with Crippen LogP contribution in [0.3, 0.4) is 0 Å². The van der Waals surface area contributed by atoms with Gasteiger partial charge in [-0.1, -0.05) is 147 Å². The number of hydrogen-bond acceptors (Lipinski definition) is 5. The minimum atomic E-state index is -0.0481. The Bertz CT molecular complexity index is 3230. The molecule has 0 fully saturated rings. The Morgan fingerprint density at radius 2 is 1.01 bits per heavy atom. The van der Waals surface area contributed by atoms with Crippen LogP contribution in [0.4, 0.5) is 45.5 Å². The van der Waals surface area contributed by atoms with Gasteiger partial charge in [-0.2, -0.15) is 0 Å². The molecule has 0 spiro atoms. The molecule has 0 bridgehead atoms. The van der Waals surface area contributed by atoms with Gasteiger partial charge in [0.2, 0.25) is 0 Å². The number of para-hydroxylation sites is 9. The molecule has 2 heterocycles. The Hall–Kier alpha value is -7.86. The van der Waals surface area contributed by atoms with Gasteiger partial charge < -0.3 is 25.2 Å². The number of benzene rings is 8. The second-order valence-corrected chi connectivity index (χ2v) is 18.5. The van der Waals surface area contributed by atoms with E-state index < -0.39 is 0 Å². The SMILES string of the molecule is CC1(C)c2cc(/C=C/c3ccc4c(c3)CCc3cc(N5c6ccccc6N(c6ccccc6)c6ccccc65)ccc3-4)ccc2C2C=CC(N3c4ccccc4Oc4ccccc43)=CC21.CN. The van der Waals surface area contributed by atoms with Crippen LogP contribution in [0.5, 0.6) is 11.5 Å². The maximum absolute atomic E-state index is 6.34. The number of allylic oxidation sites excluding steroid dienone is 3. The van der Waals surface area contributed by atoms with Crippen molar-refractivity contribution in [3.63, 3.8) is 0 Å². The van der Waals surface area contributed by atoms with Crippen LogP contribution in [0.15, 0.2) is 206 Å². The van der Waals surface area contributed by atoms with E-state index in [0.29, 0.717) is 11.8 Å². The molecule has 67 heavy (non-hydrogen) atoms. The number of nitrogens with two attached hydrogens (primary N) is 1. The van der Waals surface area contributed by atoms with E-state index in [0.717, 1.165) is 41.4 Å². The second-order valence-electron chi connectivity index (χ2n) is 18.5. The highest BCUT2D eigenvalue weighted by Gasteiger charge is 2.46. The zero-order valence-electron chi connectivity index (χ0n) is 38.1. The molecule has 2 N–H and O–H groups in total. The molecular weight excluding hydrogens is 817 g/mol. The number of hydrogen-bond donors (Lipinski definition) is 1. The van der Waals surface area contributed by atoms with Gasteiger partial charge in [0.15, 0.2) is 11.5 Å². The van der Waals surface area contributed by atoms with Crippen LogP contribution in [0.1, 0.15) is 53.1 Å². The van der Waals surface area contributed by atoms with Crippen LogP contribution in [0.25, 0.3) is 23.3 Å². The summed E-state index contributed by atoms with van der Waals surface area (Å²) in [7, 11) is 1.50. The predicted molar refractivity (Wildman–Crippen MR) is 279 cm³/mol. The van der Waals surface area contributed by atoms with Crippen molar-refractivity contribution in [2.75, 3.05) is 21.7 Å². The fourth-order valence-electron chi connectivity index (χ4n) is 11.4. The molecule has 326 valence electrons. The lowest BCUT2D eigenvalue weighted by molar-refractivity contribution is 0.392.